The molecular weight excluding hydrogens is 195 g/mol. The lowest BCUT2D eigenvalue weighted by molar-refractivity contribution is -0.0628. The maximum absolute atomic E-state index is 14.6. The molecule has 0 saturated carbocycles. The van der Waals surface area contributed by atoms with Gasteiger partial charge in [-0.3, -0.25) is 0 Å². The molecule has 3 atom stereocenters. The van der Waals surface area contributed by atoms with Crippen LogP contribution >= 0.6 is 0 Å². The molecule has 0 bridgehead atoms. The number of hydrogen-bond donors (Lipinski definition) is 1. The number of nitrogens with one attached hydrogen (secondary N) is 1. The minimum atomic E-state index is -1.70. The van der Waals surface area contributed by atoms with Crippen molar-refractivity contribution in [2.24, 2.45) is 5.92 Å². The second kappa shape index (κ2) is 4.13. The van der Waals surface area contributed by atoms with Gasteiger partial charge < -0.3 is 10.1 Å². The Labute approximate surface area is 88.2 Å². The van der Waals surface area contributed by atoms with Crippen LogP contribution in [0.25, 0.3) is 0 Å². The number of ether oxygens (including phenoxy) is 1. The smallest absolute Gasteiger partial charge is 0.175 e. The van der Waals surface area contributed by atoms with Gasteiger partial charge >= 0.3 is 0 Å². The molecular formula is C11H13FN2O. The molecule has 2 aliphatic rings. The van der Waals surface area contributed by atoms with E-state index in [1.54, 1.807) is 18.2 Å². The summed E-state index contributed by atoms with van der Waals surface area (Å²) in [4.78, 5) is 0. The van der Waals surface area contributed by atoms with Gasteiger partial charge in [-0.2, -0.15) is 5.26 Å². The molecule has 1 aliphatic carbocycles. The first-order valence-electron chi connectivity index (χ1n) is 5.04. The second-order valence-corrected chi connectivity index (χ2v) is 3.74. The molecule has 3 nitrogen and oxygen atoms in total. The number of nitrogens with zero attached hydrogens (tertiary/aromatic N) is 1. The lowest BCUT2D eigenvalue weighted by Gasteiger charge is -2.37. The molecule has 4 heteroatoms. The zero-order valence-electron chi connectivity index (χ0n) is 8.32. The monoisotopic (exact) mass is 208 g/mol. The highest BCUT2D eigenvalue weighted by Crippen LogP contribution is 2.33. The summed E-state index contributed by atoms with van der Waals surface area (Å²) in [6, 6.07) is 1.97. The van der Waals surface area contributed by atoms with E-state index in [-0.39, 0.29) is 0 Å². The lowest BCUT2D eigenvalue weighted by Crippen LogP contribution is -2.53. The number of nitriles is 1. The van der Waals surface area contributed by atoms with Crippen LogP contribution in [0.4, 0.5) is 4.39 Å². The van der Waals surface area contributed by atoms with Crippen LogP contribution in [0.2, 0.25) is 0 Å². The Balaban J connectivity index is 2.19. The number of halogens is 1. The molecule has 1 fully saturated rings. The molecule has 1 saturated heterocycles. The fourth-order valence-electron chi connectivity index (χ4n) is 1.93. The summed E-state index contributed by atoms with van der Waals surface area (Å²) in [5.74, 6) is -0.757. The highest BCUT2D eigenvalue weighted by Gasteiger charge is 2.45. The predicted molar refractivity (Wildman–Crippen MR) is 53.8 cm³/mol. The largest absolute Gasteiger partial charge is 0.372 e. The van der Waals surface area contributed by atoms with Crippen molar-refractivity contribution >= 4 is 0 Å². The highest BCUT2D eigenvalue weighted by molar-refractivity contribution is 5.28. The first-order valence-corrected chi connectivity index (χ1v) is 5.04. The van der Waals surface area contributed by atoms with Crippen molar-refractivity contribution in [2.75, 3.05) is 19.7 Å². The van der Waals surface area contributed by atoms with Crippen molar-refractivity contribution < 1.29 is 9.13 Å². The predicted octanol–water partition coefficient (Wildman–Crippen LogP) is 0.949. The average molecular weight is 208 g/mol. The molecule has 0 aromatic carbocycles. The Kier molecular flexibility index (Phi) is 2.85. The SMILES string of the molecule is N#CC1C=CC=CC1(F)C1CNCCO1. The van der Waals surface area contributed by atoms with Crippen LogP contribution in [-0.2, 0) is 4.74 Å². The maximum atomic E-state index is 14.6. The van der Waals surface area contributed by atoms with Crippen LogP contribution in [0.5, 0.6) is 0 Å². The molecule has 1 aliphatic heterocycles. The molecule has 0 radical (unpaired) electrons. The Bertz CT molecular complexity index is 328. The van der Waals surface area contributed by atoms with Gasteiger partial charge in [-0.15, -0.1) is 0 Å². The zero-order chi connectivity index (χ0) is 10.7. The molecule has 0 amide bonds. The number of alkyl halides is 1. The van der Waals surface area contributed by atoms with Gasteiger partial charge in [0.2, 0.25) is 0 Å². The van der Waals surface area contributed by atoms with E-state index in [0.29, 0.717) is 13.2 Å². The Morgan fingerprint density at radius 2 is 2.40 bits per heavy atom. The van der Waals surface area contributed by atoms with Crippen LogP contribution < -0.4 is 5.32 Å². The van der Waals surface area contributed by atoms with Gasteiger partial charge in [-0.1, -0.05) is 18.2 Å². The summed E-state index contributed by atoms with van der Waals surface area (Å²) in [5, 5.41) is 12.0. The summed E-state index contributed by atoms with van der Waals surface area (Å²) in [6.07, 6.45) is 5.77. The van der Waals surface area contributed by atoms with Crippen molar-refractivity contribution in [3.05, 3.63) is 24.3 Å². The van der Waals surface area contributed by atoms with Crippen molar-refractivity contribution in [3.8, 4) is 6.07 Å². The van der Waals surface area contributed by atoms with E-state index in [2.05, 4.69) is 5.32 Å². The molecule has 0 aromatic heterocycles. The van der Waals surface area contributed by atoms with Crippen molar-refractivity contribution in [2.45, 2.75) is 11.8 Å². The van der Waals surface area contributed by atoms with E-state index in [1.807, 2.05) is 6.07 Å². The third-order valence-electron chi connectivity index (χ3n) is 2.80. The number of morpholine rings is 1. The minimum absolute atomic E-state index is 0.451. The second-order valence-electron chi connectivity index (χ2n) is 3.74. The molecule has 1 N–H and O–H groups in total. The standard InChI is InChI=1S/C11H13FN2O/c12-11(10-8-14-5-6-15-10)4-2-1-3-9(11)7-13/h1-4,9-10,14H,5-6,8H2. The van der Waals surface area contributed by atoms with E-state index in [1.165, 1.54) is 6.08 Å². The fraction of sp³-hybridized carbons (Fsp3) is 0.545. The van der Waals surface area contributed by atoms with E-state index in [0.717, 1.165) is 6.54 Å². The van der Waals surface area contributed by atoms with Crippen LogP contribution in [0.1, 0.15) is 0 Å². The number of hydrogen-bond acceptors (Lipinski definition) is 3. The third-order valence-corrected chi connectivity index (χ3v) is 2.80. The first-order chi connectivity index (χ1) is 7.27. The summed E-state index contributed by atoms with van der Waals surface area (Å²) in [5.41, 5.74) is -1.70. The normalized spacial score (nSPS) is 40.0. The van der Waals surface area contributed by atoms with Gasteiger partial charge in [0.25, 0.3) is 0 Å². The summed E-state index contributed by atoms with van der Waals surface area (Å²) < 4.78 is 20.0. The Morgan fingerprint density at radius 3 is 3.07 bits per heavy atom. The van der Waals surface area contributed by atoms with Crippen molar-refractivity contribution in [1.82, 2.24) is 5.32 Å². The quantitative estimate of drug-likeness (QED) is 0.697. The van der Waals surface area contributed by atoms with Crippen LogP contribution in [-0.4, -0.2) is 31.5 Å². The molecule has 0 aromatic rings. The number of rotatable bonds is 1. The van der Waals surface area contributed by atoms with E-state index in [9.17, 15) is 4.39 Å². The van der Waals surface area contributed by atoms with Gasteiger partial charge in [-0.25, -0.2) is 4.39 Å². The third kappa shape index (κ3) is 1.81. The van der Waals surface area contributed by atoms with E-state index < -0.39 is 17.7 Å². The van der Waals surface area contributed by atoms with E-state index >= 15 is 0 Å². The van der Waals surface area contributed by atoms with E-state index in [4.69, 9.17) is 10.00 Å². The summed E-state index contributed by atoms with van der Waals surface area (Å²) in [7, 11) is 0. The Morgan fingerprint density at radius 1 is 1.53 bits per heavy atom. The molecule has 3 unspecified atom stereocenters. The molecule has 80 valence electrons. The first kappa shape index (κ1) is 10.3. The average Bonchev–Trinajstić information content (AvgIpc) is 2.31. The fourth-order valence-corrected chi connectivity index (χ4v) is 1.93. The van der Waals surface area contributed by atoms with Crippen LogP contribution in [0.3, 0.4) is 0 Å². The number of allylic oxidation sites excluding steroid dienone is 3. The summed E-state index contributed by atoms with van der Waals surface area (Å²) in [6.45, 7) is 1.68. The zero-order valence-corrected chi connectivity index (χ0v) is 8.32. The van der Waals surface area contributed by atoms with Crippen molar-refractivity contribution in [3.63, 3.8) is 0 Å². The minimum Gasteiger partial charge on any atom is -0.372 e. The molecule has 1 heterocycles. The molecule has 15 heavy (non-hydrogen) atoms. The molecule has 0 spiro atoms. The summed E-state index contributed by atoms with van der Waals surface area (Å²) >= 11 is 0. The lowest BCUT2D eigenvalue weighted by atomic mass is 9.81. The highest BCUT2D eigenvalue weighted by atomic mass is 19.1. The van der Waals surface area contributed by atoms with Crippen LogP contribution in [0.15, 0.2) is 24.3 Å². The molecule has 2 rings (SSSR count). The topological polar surface area (TPSA) is 45.0 Å². The van der Waals surface area contributed by atoms with Crippen molar-refractivity contribution in [1.29, 1.82) is 5.26 Å². The van der Waals surface area contributed by atoms with Gasteiger partial charge in [-0.05, 0) is 6.08 Å². The van der Waals surface area contributed by atoms with Gasteiger partial charge in [0.05, 0.1) is 12.7 Å². The van der Waals surface area contributed by atoms with Crippen LogP contribution in [0, 0.1) is 17.2 Å². The van der Waals surface area contributed by atoms with Gasteiger partial charge in [0.15, 0.2) is 5.67 Å². The maximum Gasteiger partial charge on any atom is 0.175 e. The van der Waals surface area contributed by atoms with Gasteiger partial charge in [0, 0.05) is 13.1 Å². The Hall–Kier alpha value is -1.18. The van der Waals surface area contributed by atoms with Gasteiger partial charge in [0.1, 0.15) is 12.0 Å².